The number of alkyl halides is 3. The van der Waals surface area contributed by atoms with E-state index in [0.717, 1.165) is 39.0 Å². The second-order valence-corrected chi connectivity index (χ2v) is 8.48. The molecule has 2 heterocycles. The SMILES string of the molecule is CC(=O)OC[C@H]1OC(O/C(=C/C(=O)C(F)(F)F)c2cccs2)[C@H](OC(C)=O)[C@@H](OC(C)=O)[C@H]1OC(C)=O. The van der Waals surface area contributed by atoms with Gasteiger partial charge in [-0.3, -0.25) is 24.0 Å². The molecular formula is C22H23F3O11S. The van der Waals surface area contributed by atoms with Crippen LogP contribution in [0.25, 0.3) is 5.76 Å². The lowest BCUT2D eigenvalue weighted by atomic mass is 9.98. The van der Waals surface area contributed by atoms with E-state index in [0.29, 0.717) is 0 Å². The molecule has 0 aromatic carbocycles. The van der Waals surface area contributed by atoms with Gasteiger partial charge in [-0.05, 0) is 11.4 Å². The lowest BCUT2D eigenvalue weighted by Gasteiger charge is -2.44. The quantitative estimate of drug-likeness (QED) is 0.193. The summed E-state index contributed by atoms with van der Waals surface area (Å²) in [5.41, 5.74) is 0. The van der Waals surface area contributed by atoms with Crippen LogP contribution in [0.3, 0.4) is 0 Å². The minimum absolute atomic E-state index is 0.0745. The summed E-state index contributed by atoms with van der Waals surface area (Å²) in [5, 5.41) is 1.50. The molecule has 2 rings (SSSR count). The molecule has 1 aromatic heterocycles. The number of carbonyl (C=O) groups is 5. The van der Waals surface area contributed by atoms with Crippen LogP contribution in [0.5, 0.6) is 0 Å². The molecule has 11 nitrogen and oxygen atoms in total. The van der Waals surface area contributed by atoms with E-state index in [9.17, 15) is 37.1 Å². The number of ketones is 1. The number of esters is 4. The van der Waals surface area contributed by atoms with Crippen molar-refractivity contribution in [2.45, 2.75) is 64.6 Å². The Morgan fingerprint density at radius 1 is 0.892 bits per heavy atom. The van der Waals surface area contributed by atoms with E-state index in [1.165, 1.54) is 17.5 Å². The second kappa shape index (κ2) is 12.7. The van der Waals surface area contributed by atoms with Gasteiger partial charge in [0.15, 0.2) is 12.2 Å². The Hall–Kier alpha value is -3.46. The predicted molar refractivity (Wildman–Crippen MR) is 116 cm³/mol. The number of hydrogen-bond acceptors (Lipinski definition) is 12. The molecule has 0 bridgehead atoms. The standard InChI is InChI=1S/C22H23F3O11S/c1-10(26)31-9-15-18(32-11(2)27)19(33-12(3)28)20(34-13(4)29)21(36-15)35-14(16-6-5-7-37-16)8-17(30)22(23,24)25/h5-8,15,18-21H,9H2,1-4H3/b14-8+/t15-,18+,19+,20-,21?/m1/s1. The van der Waals surface area contributed by atoms with Gasteiger partial charge in [-0.2, -0.15) is 13.2 Å². The van der Waals surface area contributed by atoms with Crippen LogP contribution in [0, 0.1) is 0 Å². The molecule has 1 aromatic rings. The minimum atomic E-state index is -5.23. The zero-order valence-corrected chi connectivity index (χ0v) is 20.8. The maximum Gasteiger partial charge on any atom is 0.454 e. The second-order valence-electron chi connectivity index (χ2n) is 7.53. The Labute approximate surface area is 212 Å². The fourth-order valence-electron chi connectivity index (χ4n) is 3.19. The van der Waals surface area contributed by atoms with Gasteiger partial charge in [0.1, 0.15) is 18.5 Å². The fourth-order valence-corrected chi connectivity index (χ4v) is 3.88. The van der Waals surface area contributed by atoms with E-state index in [2.05, 4.69) is 0 Å². The number of halogens is 3. The highest BCUT2D eigenvalue weighted by Crippen LogP contribution is 2.34. The van der Waals surface area contributed by atoms with E-state index in [1.54, 1.807) is 0 Å². The van der Waals surface area contributed by atoms with E-state index >= 15 is 0 Å². The average Bonchev–Trinajstić information content (AvgIpc) is 3.29. The highest BCUT2D eigenvalue weighted by atomic mass is 32.1. The zero-order chi connectivity index (χ0) is 27.9. The van der Waals surface area contributed by atoms with Gasteiger partial charge < -0.3 is 28.4 Å². The van der Waals surface area contributed by atoms with Crippen molar-refractivity contribution in [3.63, 3.8) is 0 Å². The number of thiophene rings is 1. The van der Waals surface area contributed by atoms with Gasteiger partial charge >= 0.3 is 30.1 Å². The van der Waals surface area contributed by atoms with Crippen molar-refractivity contribution >= 4 is 46.8 Å². The van der Waals surface area contributed by atoms with Crippen molar-refractivity contribution in [1.82, 2.24) is 0 Å². The lowest BCUT2D eigenvalue weighted by molar-refractivity contribution is -0.294. The molecule has 204 valence electrons. The molecule has 1 aliphatic rings. The summed E-state index contributed by atoms with van der Waals surface area (Å²) < 4.78 is 70.8. The Kier molecular flexibility index (Phi) is 10.2. The number of rotatable bonds is 9. The first-order valence-corrected chi connectivity index (χ1v) is 11.4. The van der Waals surface area contributed by atoms with Gasteiger partial charge in [-0.1, -0.05) is 6.07 Å². The van der Waals surface area contributed by atoms with Crippen molar-refractivity contribution in [3.8, 4) is 0 Å². The van der Waals surface area contributed by atoms with Crippen LogP contribution >= 0.6 is 11.3 Å². The van der Waals surface area contributed by atoms with Gasteiger partial charge in [0, 0.05) is 33.8 Å². The molecule has 1 saturated heterocycles. The smallest absolute Gasteiger partial charge is 0.454 e. The normalized spacial score (nSPS) is 24.0. The Bertz CT molecular complexity index is 1040. The summed E-state index contributed by atoms with van der Waals surface area (Å²) in [7, 11) is 0. The van der Waals surface area contributed by atoms with Crippen LogP contribution in [0.2, 0.25) is 0 Å². The molecule has 0 amide bonds. The molecule has 1 unspecified atom stereocenters. The van der Waals surface area contributed by atoms with Crippen molar-refractivity contribution in [3.05, 3.63) is 28.5 Å². The van der Waals surface area contributed by atoms with Gasteiger partial charge in [-0.25, -0.2) is 0 Å². The lowest BCUT2D eigenvalue weighted by Crippen LogP contribution is -2.62. The Morgan fingerprint density at radius 2 is 1.46 bits per heavy atom. The van der Waals surface area contributed by atoms with Crippen molar-refractivity contribution in [1.29, 1.82) is 0 Å². The van der Waals surface area contributed by atoms with E-state index in [-0.39, 0.29) is 11.0 Å². The van der Waals surface area contributed by atoms with Crippen LogP contribution in [0.1, 0.15) is 32.6 Å². The minimum Gasteiger partial charge on any atom is -0.463 e. The highest BCUT2D eigenvalue weighted by Gasteiger charge is 2.53. The molecule has 1 aliphatic heterocycles. The third-order valence-electron chi connectivity index (χ3n) is 4.50. The van der Waals surface area contributed by atoms with Crippen molar-refractivity contribution in [2.24, 2.45) is 0 Å². The van der Waals surface area contributed by atoms with E-state index < -0.39 is 78.9 Å². The molecule has 37 heavy (non-hydrogen) atoms. The van der Waals surface area contributed by atoms with Gasteiger partial charge in [0.25, 0.3) is 5.78 Å². The molecule has 0 N–H and O–H groups in total. The molecular weight excluding hydrogens is 529 g/mol. The third kappa shape index (κ3) is 8.86. The zero-order valence-electron chi connectivity index (χ0n) is 19.9. The van der Waals surface area contributed by atoms with Crippen LogP contribution in [0.15, 0.2) is 23.6 Å². The summed E-state index contributed by atoms with van der Waals surface area (Å²) in [6.45, 7) is 3.51. The maximum atomic E-state index is 13.0. The van der Waals surface area contributed by atoms with Gasteiger partial charge in [0.2, 0.25) is 12.4 Å². The molecule has 0 radical (unpaired) electrons. The number of carbonyl (C=O) groups excluding carboxylic acids is 5. The van der Waals surface area contributed by atoms with Crippen molar-refractivity contribution in [2.75, 3.05) is 6.61 Å². The summed E-state index contributed by atoms with van der Waals surface area (Å²) in [6, 6.07) is 2.83. The first kappa shape index (κ1) is 29.8. The van der Waals surface area contributed by atoms with Gasteiger partial charge in [-0.15, -0.1) is 11.3 Å². The highest BCUT2D eigenvalue weighted by molar-refractivity contribution is 7.11. The summed E-state index contributed by atoms with van der Waals surface area (Å²) in [6.07, 6.45) is -13.0. The molecule has 15 heteroatoms. The average molecular weight is 552 g/mol. The third-order valence-corrected chi connectivity index (χ3v) is 5.38. The van der Waals surface area contributed by atoms with Gasteiger partial charge in [0.05, 0.1) is 4.88 Å². The molecule has 0 aliphatic carbocycles. The summed E-state index contributed by atoms with van der Waals surface area (Å²) in [4.78, 5) is 58.7. The topological polar surface area (TPSA) is 141 Å². The Balaban J connectivity index is 2.58. The molecule has 0 spiro atoms. The molecule has 0 saturated carbocycles. The summed E-state index contributed by atoms with van der Waals surface area (Å²) >= 11 is 0.923. The summed E-state index contributed by atoms with van der Waals surface area (Å²) in [5.74, 6) is -6.32. The van der Waals surface area contributed by atoms with Crippen LogP contribution in [-0.2, 0) is 52.4 Å². The number of ether oxygens (including phenoxy) is 6. The maximum absolute atomic E-state index is 13.0. The van der Waals surface area contributed by atoms with Crippen LogP contribution < -0.4 is 0 Å². The largest absolute Gasteiger partial charge is 0.463 e. The predicted octanol–water partition coefficient (Wildman–Crippen LogP) is 2.32. The fraction of sp³-hybridized carbons (Fsp3) is 0.500. The number of allylic oxidation sites excluding steroid dienone is 1. The van der Waals surface area contributed by atoms with Crippen LogP contribution in [-0.4, -0.2) is 73.1 Å². The van der Waals surface area contributed by atoms with E-state index in [1.807, 2.05) is 0 Å². The Morgan fingerprint density at radius 3 is 1.95 bits per heavy atom. The van der Waals surface area contributed by atoms with Crippen molar-refractivity contribution < 1.29 is 65.6 Å². The number of hydrogen-bond donors (Lipinski definition) is 0. The molecule has 5 atom stereocenters. The molecule has 1 fully saturated rings. The van der Waals surface area contributed by atoms with E-state index in [4.69, 9.17) is 28.4 Å². The first-order valence-electron chi connectivity index (χ1n) is 10.5. The first-order chi connectivity index (χ1) is 17.2. The monoisotopic (exact) mass is 552 g/mol. The van der Waals surface area contributed by atoms with Crippen LogP contribution in [0.4, 0.5) is 13.2 Å².